The summed E-state index contributed by atoms with van der Waals surface area (Å²) in [5, 5.41) is 4.26. The van der Waals surface area contributed by atoms with E-state index in [4.69, 9.17) is 16.6 Å². The maximum absolute atomic E-state index is 6.25. The topological polar surface area (TPSA) is 28.2 Å². The molecule has 1 heterocycles. The van der Waals surface area contributed by atoms with Gasteiger partial charge in [-0.05, 0) is 50.7 Å². The maximum Gasteiger partial charge on any atom is 0.128 e. The first-order chi connectivity index (χ1) is 9.26. The van der Waals surface area contributed by atoms with E-state index in [-0.39, 0.29) is 0 Å². The van der Waals surface area contributed by atoms with Crippen LogP contribution in [-0.4, -0.2) is 24.1 Å². The molecule has 2 aliphatic rings. The maximum atomic E-state index is 6.25. The second-order valence-corrected chi connectivity index (χ2v) is 6.14. The van der Waals surface area contributed by atoms with Crippen molar-refractivity contribution in [3.63, 3.8) is 0 Å². The van der Waals surface area contributed by atoms with Crippen LogP contribution in [0.4, 0.5) is 5.82 Å². The van der Waals surface area contributed by atoms with E-state index in [9.17, 15) is 0 Å². The van der Waals surface area contributed by atoms with Crippen molar-refractivity contribution >= 4 is 17.4 Å². The Hall–Kier alpha value is -0.800. The number of nitrogens with zero attached hydrogens (tertiary/aromatic N) is 2. The second-order valence-electron chi connectivity index (χ2n) is 5.74. The van der Waals surface area contributed by atoms with Crippen LogP contribution < -0.4 is 10.2 Å². The summed E-state index contributed by atoms with van der Waals surface area (Å²) in [6.45, 7) is 5.14. The van der Waals surface area contributed by atoms with Crippen molar-refractivity contribution in [2.24, 2.45) is 5.92 Å². The highest BCUT2D eigenvalue weighted by Crippen LogP contribution is 2.31. The number of hydrogen-bond acceptors (Lipinski definition) is 3. The molecular weight excluding hydrogens is 258 g/mol. The van der Waals surface area contributed by atoms with Gasteiger partial charge in [-0.2, -0.15) is 0 Å². The van der Waals surface area contributed by atoms with E-state index < -0.39 is 0 Å². The first-order valence-electron chi connectivity index (χ1n) is 7.40. The minimum absolute atomic E-state index is 0.690. The number of halogens is 1. The van der Waals surface area contributed by atoms with Gasteiger partial charge in [-0.3, -0.25) is 0 Å². The highest BCUT2D eigenvalue weighted by atomic mass is 35.5. The van der Waals surface area contributed by atoms with Crippen LogP contribution >= 0.6 is 11.6 Å². The highest BCUT2D eigenvalue weighted by Gasteiger charge is 2.25. The van der Waals surface area contributed by atoms with Crippen LogP contribution in [0, 0.1) is 5.92 Å². The van der Waals surface area contributed by atoms with Crippen molar-refractivity contribution in [2.45, 2.75) is 45.2 Å². The van der Waals surface area contributed by atoms with Crippen molar-refractivity contribution in [2.75, 3.05) is 18.0 Å². The van der Waals surface area contributed by atoms with Crippen molar-refractivity contribution in [1.29, 1.82) is 0 Å². The van der Waals surface area contributed by atoms with Gasteiger partial charge in [0.15, 0.2) is 0 Å². The Morgan fingerprint density at radius 3 is 2.74 bits per heavy atom. The molecule has 0 aliphatic heterocycles. The van der Waals surface area contributed by atoms with Crippen LogP contribution in [0.25, 0.3) is 0 Å². The van der Waals surface area contributed by atoms with Crippen LogP contribution in [0.5, 0.6) is 0 Å². The molecule has 1 N–H and O–H groups in total. The van der Waals surface area contributed by atoms with Gasteiger partial charge < -0.3 is 10.2 Å². The molecule has 0 atom stereocenters. The summed E-state index contributed by atoms with van der Waals surface area (Å²) in [5.74, 6) is 1.96. The molecule has 0 bridgehead atoms. The fraction of sp³-hybridized carbons (Fsp3) is 0.667. The molecule has 0 unspecified atom stereocenters. The lowest BCUT2D eigenvalue weighted by atomic mass is 10.3. The van der Waals surface area contributed by atoms with E-state index in [1.807, 2.05) is 6.07 Å². The van der Waals surface area contributed by atoms with E-state index in [1.165, 1.54) is 25.7 Å². The summed E-state index contributed by atoms with van der Waals surface area (Å²) in [7, 11) is 0. The SMILES string of the molecule is CCN(CC1CC1)c1ccc(Cl)c(CNC2CC2)n1. The number of hydrogen-bond donors (Lipinski definition) is 1. The fourth-order valence-electron chi connectivity index (χ4n) is 2.30. The Bertz CT molecular complexity index is 441. The van der Waals surface area contributed by atoms with Gasteiger partial charge in [0.2, 0.25) is 0 Å². The van der Waals surface area contributed by atoms with Crippen molar-refractivity contribution < 1.29 is 0 Å². The fourth-order valence-corrected chi connectivity index (χ4v) is 2.47. The molecule has 0 aromatic carbocycles. The molecule has 1 aromatic heterocycles. The van der Waals surface area contributed by atoms with Crippen LogP contribution in [0.15, 0.2) is 12.1 Å². The molecule has 2 saturated carbocycles. The van der Waals surface area contributed by atoms with E-state index in [2.05, 4.69) is 23.2 Å². The van der Waals surface area contributed by atoms with Crippen LogP contribution in [0.3, 0.4) is 0 Å². The summed E-state index contributed by atoms with van der Waals surface area (Å²) >= 11 is 6.25. The molecule has 3 nitrogen and oxygen atoms in total. The molecule has 3 rings (SSSR count). The van der Waals surface area contributed by atoms with E-state index in [1.54, 1.807) is 0 Å². The molecule has 0 amide bonds. The average molecular weight is 280 g/mol. The monoisotopic (exact) mass is 279 g/mol. The predicted octanol–water partition coefficient (Wildman–Crippen LogP) is 3.22. The smallest absolute Gasteiger partial charge is 0.128 e. The molecule has 2 fully saturated rings. The Kier molecular flexibility index (Phi) is 3.94. The molecule has 0 spiro atoms. The number of pyridine rings is 1. The highest BCUT2D eigenvalue weighted by molar-refractivity contribution is 6.31. The Morgan fingerprint density at radius 1 is 1.32 bits per heavy atom. The minimum atomic E-state index is 0.690. The largest absolute Gasteiger partial charge is 0.357 e. The van der Waals surface area contributed by atoms with Gasteiger partial charge in [-0.1, -0.05) is 11.6 Å². The molecular formula is C15H22ClN3. The van der Waals surface area contributed by atoms with E-state index in [0.29, 0.717) is 6.04 Å². The van der Waals surface area contributed by atoms with Gasteiger partial charge in [0.05, 0.1) is 10.7 Å². The summed E-state index contributed by atoms with van der Waals surface area (Å²) in [5.41, 5.74) is 0.986. The average Bonchev–Trinajstić information content (AvgIpc) is 3.29. The third kappa shape index (κ3) is 3.61. The normalized spacial score (nSPS) is 18.6. The number of aromatic nitrogens is 1. The summed E-state index contributed by atoms with van der Waals surface area (Å²) < 4.78 is 0. The minimum Gasteiger partial charge on any atom is -0.357 e. The Balaban J connectivity index is 1.69. The lowest BCUT2D eigenvalue weighted by Gasteiger charge is -2.22. The second kappa shape index (κ2) is 5.68. The summed E-state index contributed by atoms with van der Waals surface area (Å²) in [4.78, 5) is 7.13. The van der Waals surface area contributed by atoms with Gasteiger partial charge in [-0.25, -0.2) is 4.98 Å². The van der Waals surface area contributed by atoms with Crippen molar-refractivity contribution in [3.05, 3.63) is 22.8 Å². The van der Waals surface area contributed by atoms with E-state index in [0.717, 1.165) is 42.1 Å². The van der Waals surface area contributed by atoms with Gasteiger partial charge in [0.1, 0.15) is 5.82 Å². The van der Waals surface area contributed by atoms with Gasteiger partial charge in [0, 0.05) is 25.7 Å². The molecule has 104 valence electrons. The lowest BCUT2D eigenvalue weighted by Crippen LogP contribution is -2.27. The first-order valence-corrected chi connectivity index (χ1v) is 7.78. The standard InChI is InChI=1S/C15H22ClN3/c1-2-19(10-11-3-4-11)15-8-7-13(16)14(18-15)9-17-12-5-6-12/h7-8,11-12,17H,2-6,9-10H2,1H3. The molecule has 1 aromatic rings. The predicted molar refractivity (Wildman–Crippen MR) is 79.7 cm³/mol. The number of nitrogens with one attached hydrogen (secondary N) is 1. The third-order valence-electron chi connectivity index (χ3n) is 3.92. The molecule has 0 saturated heterocycles. The van der Waals surface area contributed by atoms with Gasteiger partial charge >= 0.3 is 0 Å². The zero-order chi connectivity index (χ0) is 13.2. The zero-order valence-corrected chi connectivity index (χ0v) is 12.3. The van der Waals surface area contributed by atoms with Crippen LogP contribution in [0.2, 0.25) is 5.02 Å². The lowest BCUT2D eigenvalue weighted by molar-refractivity contribution is 0.669. The molecule has 2 aliphatic carbocycles. The Morgan fingerprint density at radius 2 is 2.11 bits per heavy atom. The molecule has 4 heteroatoms. The van der Waals surface area contributed by atoms with Gasteiger partial charge in [0.25, 0.3) is 0 Å². The quantitative estimate of drug-likeness (QED) is 0.831. The zero-order valence-electron chi connectivity index (χ0n) is 11.5. The van der Waals surface area contributed by atoms with Crippen molar-refractivity contribution in [1.82, 2.24) is 10.3 Å². The van der Waals surface area contributed by atoms with Gasteiger partial charge in [-0.15, -0.1) is 0 Å². The van der Waals surface area contributed by atoms with Crippen molar-refractivity contribution in [3.8, 4) is 0 Å². The van der Waals surface area contributed by atoms with Crippen LogP contribution in [-0.2, 0) is 6.54 Å². The third-order valence-corrected chi connectivity index (χ3v) is 4.26. The number of rotatable bonds is 7. The van der Waals surface area contributed by atoms with E-state index >= 15 is 0 Å². The first kappa shape index (κ1) is 13.2. The summed E-state index contributed by atoms with van der Waals surface area (Å²) in [6, 6.07) is 4.73. The van der Waals surface area contributed by atoms with Crippen LogP contribution in [0.1, 0.15) is 38.3 Å². The molecule has 19 heavy (non-hydrogen) atoms. The Labute approximate surface area is 120 Å². The summed E-state index contributed by atoms with van der Waals surface area (Å²) in [6.07, 6.45) is 5.33. The number of anilines is 1. The molecule has 0 radical (unpaired) electrons.